The number of nitrogens with two attached hydrogens (primary N) is 1. The molecule has 0 amide bonds. The Hall–Kier alpha value is -1.26. The number of anilines is 1. The van der Waals surface area contributed by atoms with E-state index in [0.717, 1.165) is 43.2 Å². The van der Waals surface area contributed by atoms with Gasteiger partial charge in [-0.25, -0.2) is 0 Å². The van der Waals surface area contributed by atoms with Crippen LogP contribution >= 0.6 is 0 Å². The normalized spacial score (nSPS) is 19.0. The van der Waals surface area contributed by atoms with Gasteiger partial charge in [-0.05, 0) is 31.0 Å². The smallest absolute Gasteiger partial charge is 0.120 e. The second-order valence-corrected chi connectivity index (χ2v) is 5.03. The van der Waals surface area contributed by atoms with Gasteiger partial charge in [-0.3, -0.25) is 4.90 Å². The van der Waals surface area contributed by atoms with Crippen LogP contribution in [-0.2, 0) is 11.3 Å². The molecule has 1 aliphatic heterocycles. The minimum Gasteiger partial charge on any atom is -0.497 e. The van der Waals surface area contributed by atoms with E-state index in [1.807, 2.05) is 18.2 Å². The molecule has 1 heterocycles. The Morgan fingerprint density at radius 2 is 2.32 bits per heavy atom. The molecule has 0 bridgehead atoms. The van der Waals surface area contributed by atoms with Gasteiger partial charge in [0.1, 0.15) is 5.75 Å². The molecule has 1 fully saturated rings. The van der Waals surface area contributed by atoms with Crippen LogP contribution in [0, 0.1) is 0 Å². The highest BCUT2D eigenvalue weighted by atomic mass is 16.5. The molecule has 0 aliphatic carbocycles. The van der Waals surface area contributed by atoms with Crippen molar-refractivity contribution in [3.63, 3.8) is 0 Å². The molecule has 1 unspecified atom stereocenters. The number of hydrogen-bond donors (Lipinski definition) is 1. The summed E-state index contributed by atoms with van der Waals surface area (Å²) in [6.45, 7) is 5.95. The number of rotatable bonds is 6. The zero-order valence-corrected chi connectivity index (χ0v) is 11.9. The first-order chi connectivity index (χ1) is 9.22. The molecule has 1 aromatic rings. The third-order valence-corrected chi connectivity index (χ3v) is 3.68. The van der Waals surface area contributed by atoms with Gasteiger partial charge in [0.15, 0.2) is 0 Å². The molecule has 4 heteroatoms. The third kappa shape index (κ3) is 3.85. The average molecular weight is 264 g/mol. The van der Waals surface area contributed by atoms with Crippen LogP contribution in [0.3, 0.4) is 0 Å². The lowest BCUT2D eigenvalue weighted by molar-refractivity contribution is 0.0725. The number of likely N-dealkylation sites (N-methyl/N-ethyl adjacent to an activating group) is 1. The maximum absolute atomic E-state index is 6.07. The van der Waals surface area contributed by atoms with E-state index in [4.69, 9.17) is 15.2 Å². The fraction of sp³-hybridized carbons (Fsp3) is 0.600. The van der Waals surface area contributed by atoms with Crippen molar-refractivity contribution in [2.45, 2.75) is 32.4 Å². The number of ether oxygens (including phenoxy) is 2. The lowest BCUT2D eigenvalue weighted by Crippen LogP contribution is -2.31. The summed E-state index contributed by atoms with van der Waals surface area (Å²) in [7, 11) is 1.66. The van der Waals surface area contributed by atoms with E-state index in [9.17, 15) is 0 Å². The molecule has 0 spiro atoms. The molecule has 19 heavy (non-hydrogen) atoms. The Morgan fingerprint density at radius 3 is 2.89 bits per heavy atom. The van der Waals surface area contributed by atoms with Crippen LogP contribution in [0.25, 0.3) is 0 Å². The maximum Gasteiger partial charge on any atom is 0.120 e. The molecule has 0 aromatic heterocycles. The largest absolute Gasteiger partial charge is 0.497 e. The summed E-state index contributed by atoms with van der Waals surface area (Å²) >= 11 is 0. The second kappa shape index (κ2) is 6.78. The molecule has 0 radical (unpaired) electrons. The zero-order chi connectivity index (χ0) is 13.7. The highest BCUT2D eigenvalue weighted by molar-refractivity contribution is 5.51. The van der Waals surface area contributed by atoms with E-state index in [-0.39, 0.29) is 0 Å². The lowest BCUT2D eigenvalue weighted by Gasteiger charge is -2.24. The number of nitrogen functional groups attached to an aromatic ring is 1. The molecule has 0 saturated carbocycles. The number of methoxy groups -OCH3 is 1. The SMILES string of the molecule is CCN(Cc1ccc(OC)cc1N)CC1CCCO1. The van der Waals surface area contributed by atoms with Gasteiger partial charge in [0.05, 0.1) is 13.2 Å². The zero-order valence-electron chi connectivity index (χ0n) is 11.9. The van der Waals surface area contributed by atoms with Gasteiger partial charge < -0.3 is 15.2 Å². The van der Waals surface area contributed by atoms with E-state index >= 15 is 0 Å². The Balaban J connectivity index is 1.96. The fourth-order valence-corrected chi connectivity index (χ4v) is 2.47. The van der Waals surface area contributed by atoms with Crippen LogP contribution in [0.5, 0.6) is 5.75 Å². The van der Waals surface area contributed by atoms with E-state index in [2.05, 4.69) is 11.8 Å². The minimum absolute atomic E-state index is 0.388. The third-order valence-electron chi connectivity index (χ3n) is 3.68. The number of hydrogen-bond acceptors (Lipinski definition) is 4. The van der Waals surface area contributed by atoms with Crippen LogP contribution in [0.4, 0.5) is 5.69 Å². The van der Waals surface area contributed by atoms with Crippen molar-refractivity contribution in [3.8, 4) is 5.75 Å². The quantitative estimate of drug-likeness (QED) is 0.801. The van der Waals surface area contributed by atoms with Crippen molar-refractivity contribution in [1.82, 2.24) is 4.90 Å². The predicted molar refractivity (Wildman–Crippen MR) is 77.3 cm³/mol. The van der Waals surface area contributed by atoms with Gasteiger partial charge in [0, 0.05) is 31.5 Å². The van der Waals surface area contributed by atoms with Crippen molar-refractivity contribution < 1.29 is 9.47 Å². The van der Waals surface area contributed by atoms with E-state index in [1.54, 1.807) is 7.11 Å². The average Bonchev–Trinajstić information content (AvgIpc) is 2.92. The monoisotopic (exact) mass is 264 g/mol. The Morgan fingerprint density at radius 1 is 1.47 bits per heavy atom. The van der Waals surface area contributed by atoms with Crippen LogP contribution in [-0.4, -0.2) is 37.8 Å². The molecule has 106 valence electrons. The molecule has 1 aliphatic rings. The summed E-state index contributed by atoms with van der Waals surface area (Å²) in [6, 6.07) is 5.90. The van der Waals surface area contributed by atoms with Gasteiger partial charge in [0.25, 0.3) is 0 Å². The topological polar surface area (TPSA) is 47.7 Å². The van der Waals surface area contributed by atoms with Gasteiger partial charge in [-0.2, -0.15) is 0 Å². The summed E-state index contributed by atoms with van der Waals surface area (Å²) in [4.78, 5) is 2.38. The lowest BCUT2D eigenvalue weighted by atomic mass is 10.1. The maximum atomic E-state index is 6.07. The molecule has 2 N–H and O–H groups in total. The minimum atomic E-state index is 0.388. The van der Waals surface area contributed by atoms with Crippen molar-refractivity contribution >= 4 is 5.69 Å². The summed E-state index contributed by atoms with van der Waals surface area (Å²) < 4.78 is 10.9. The molecule has 1 atom stereocenters. The van der Waals surface area contributed by atoms with Crippen molar-refractivity contribution in [1.29, 1.82) is 0 Å². The molecule has 1 aromatic carbocycles. The van der Waals surface area contributed by atoms with Crippen LogP contribution < -0.4 is 10.5 Å². The Labute approximate surface area is 115 Å². The first-order valence-electron chi connectivity index (χ1n) is 6.99. The van der Waals surface area contributed by atoms with E-state index in [0.29, 0.717) is 6.10 Å². The first-order valence-corrected chi connectivity index (χ1v) is 6.99. The fourth-order valence-electron chi connectivity index (χ4n) is 2.47. The standard InChI is InChI=1S/C15H24N2O2/c1-3-17(11-14-5-4-8-19-14)10-12-6-7-13(18-2)9-15(12)16/h6-7,9,14H,3-5,8,10-11,16H2,1-2H3. The van der Waals surface area contributed by atoms with Gasteiger partial charge in [-0.1, -0.05) is 13.0 Å². The first kappa shape index (κ1) is 14.2. The summed E-state index contributed by atoms with van der Waals surface area (Å²) in [5.74, 6) is 0.809. The second-order valence-electron chi connectivity index (χ2n) is 5.03. The number of nitrogens with zero attached hydrogens (tertiary/aromatic N) is 1. The number of benzene rings is 1. The van der Waals surface area contributed by atoms with Crippen molar-refractivity contribution in [2.75, 3.05) is 32.5 Å². The molecule has 1 saturated heterocycles. The predicted octanol–water partition coefficient (Wildman–Crippen LogP) is 2.28. The van der Waals surface area contributed by atoms with Gasteiger partial charge in [0.2, 0.25) is 0 Å². The molecule has 2 rings (SSSR count). The van der Waals surface area contributed by atoms with Crippen LogP contribution in [0.1, 0.15) is 25.3 Å². The van der Waals surface area contributed by atoms with E-state index in [1.165, 1.54) is 12.8 Å². The Kier molecular flexibility index (Phi) is 5.05. The molecule has 4 nitrogen and oxygen atoms in total. The van der Waals surface area contributed by atoms with Gasteiger partial charge >= 0.3 is 0 Å². The molecular formula is C15H24N2O2. The van der Waals surface area contributed by atoms with Crippen LogP contribution in [0.2, 0.25) is 0 Å². The highest BCUT2D eigenvalue weighted by Crippen LogP contribution is 2.22. The van der Waals surface area contributed by atoms with Gasteiger partial charge in [-0.15, -0.1) is 0 Å². The molecular weight excluding hydrogens is 240 g/mol. The Bertz CT molecular complexity index is 403. The summed E-state index contributed by atoms with van der Waals surface area (Å²) in [5.41, 5.74) is 8.02. The van der Waals surface area contributed by atoms with Crippen LogP contribution in [0.15, 0.2) is 18.2 Å². The van der Waals surface area contributed by atoms with Crippen molar-refractivity contribution in [2.24, 2.45) is 0 Å². The summed E-state index contributed by atoms with van der Waals surface area (Å²) in [6.07, 6.45) is 2.75. The summed E-state index contributed by atoms with van der Waals surface area (Å²) in [5, 5.41) is 0. The van der Waals surface area contributed by atoms with E-state index < -0.39 is 0 Å². The van der Waals surface area contributed by atoms with Crippen molar-refractivity contribution in [3.05, 3.63) is 23.8 Å². The highest BCUT2D eigenvalue weighted by Gasteiger charge is 2.19.